The van der Waals surface area contributed by atoms with Crippen molar-refractivity contribution in [2.45, 2.75) is 0 Å². The molecule has 0 saturated heterocycles. The molecular weight excluding hydrogens is 266 g/mol. The van der Waals surface area contributed by atoms with Gasteiger partial charge in [0.1, 0.15) is 0 Å². The highest BCUT2D eigenvalue weighted by molar-refractivity contribution is 7.80. The van der Waals surface area contributed by atoms with Crippen LogP contribution in [0.5, 0.6) is 0 Å². The Morgan fingerprint density at radius 1 is 0.850 bits per heavy atom. The molecule has 104 valence electrons. The van der Waals surface area contributed by atoms with E-state index in [4.69, 9.17) is 12.2 Å². The summed E-state index contributed by atoms with van der Waals surface area (Å²) >= 11 is 5.43. The lowest BCUT2D eigenvalue weighted by Crippen LogP contribution is -2.30. The van der Waals surface area contributed by atoms with E-state index >= 15 is 0 Å². The number of rotatable bonds is 3. The normalized spacial score (nSPS) is 9.95. The Hall–Kier alpha value is -2.07. The van der Waals surface area contributed by atoms with Gasteiger partial charge in [-0.3, -0.25) is 0 Å². The molecule has 0 fully saturated rings. The Labute approximate surface area is 125 Å². The van der Waals surface area contributed by atoms with Gasteiger partial charge in [0.25, 0.3) is 0 Å². The molecule has 0 bridgehead atoms. The van der Waals surface area contributed by atoms with Crippen LogP contribution in [-0.2, 0) is 0 Å². The van der Waals surface area contributed by atoms with Crippen LogP contribution in [-0.4, -0.2) is 26.3 Å². The monoisotopic (exact) mass is 285 g/mol. The molecule has 2 aromatic rings. The molecule has 0 amide bonds. The molecule has 0 atom stereocenters. The minimum Gasteiger partial charge on any atom is -0.378 e. The second kappa shape index (κ2) is 6.39. The van der Waals surface area contributed by atoms with Crippen LogP contribution in [0.4, 0.5) is 17.1 Å². The van der Waals surface area contributed by atoms with Gasteiger partial charge in [0.2, 0.25) is 0 Å². The first-order chi connectivity index (χ1) is 9.58. The average Bonchev–Trinajstić information content (AvgIpc) is 2.48. The van der Waals surface area contributed by atoms with E-state index in [-0.39, 0.29) is 0 Å². The summed E-state index contributed by atoms with van der Waals surface area (Å²) in [5.74, 6) is 0. The summed E-state index contributed by atoms with van der Waals surface area (Å²) in [5, 5.41) is 3.92. The number of thiocarbonyl (C=S) groups is 1. The molecule has 3 nitrogen and oxygen atoms in total. The third-order valence-corrected chi connectivity index (χ3v) is 3.46. The fraction of sp³-hybridized carbons (Fsp3) is 0.188. The molecule has 0 aromatic heterocycles. The Morgan fingerprint density at radius 3 is 2.00 bits per heavy atom. The predicted molar refractivity (Wildman–Crippen MR) is 91.8 cm³/mol. The highest BCUT2D eigenvalue weighted by atomic mass is 32.1. The summed E-state index contributed by atoms with van der Waals surface area (Å²) in [6.07, 6.45) is 0. The first-order valence-electron chi connectivity index (χ1n) is 6.45. The van der Waals surface area contributed by atoms with Crippen molar-refractivity contribution < 1.29 is 0 Å². The van der Waals surface area contributed by atoms with Gasteiger partial charge in [0.15, 0.2) is 5.11 Å². The van der Waals surface area contributed by atoms with Crippen LogP contribution in [0.2, 0.25) is 0 Å². The van der Waals surface area contributed by atoms with Gasteiger partial charge < -0.3 is 15.1 Å². The van der Waals surface area contributed by atoms with Crippen LogP contribution in [0, 0.1) is 0 Å². The lowest BCUT2D eigenvalue weighted by atomic mass is 10.2. The molecule has 2 rings (SSSR count). The lowest BCUT2D eigenvalue weighted by molar-refractivity contribution is 1.13. The maximum Gasteiger partial charge on any atom is 0.177 e. The van der Waals surface area contributed by atoms with E-state index < -0.39 is 0 Å². The smallest absolute Gasteiger partial charge is 0.177 e. The number of hydrogen-bond acceptors (Lipinski definition) is 2. The van der Waals surface area contributed by atoms with E-state index in [1.807, 2.05) is 68.5 Å². The molecule has 1 N–H and O–H groups in total. The second-order valence-corrected chi connectivity index (χ2v) is 5.15. The van der Waals surface area contributed by atoms with Crippen LogP contribution in [0.15, 0.2) is 54.6 Å². The largest absolute Gasteiger partial charge is 0.378 e. The summed E-state index contributed by atoms with van der Waals surface area (Å²) in [7, 11) is 6.01. The third-order valence-electron chi connectivity index (χ3n) is 3.08. The van der Waals surface area contributed by atoms with E-state index in [1.165, 1.54) is 0 Å². The van der Waals surface area contributed by atoms with Crippen molar-refractivity contribution in [2.24, 2.45) is 0 Å². The van der Waals surface area contributed by atoms with Gasteiger partial charge in [0.05, 0.1) is 0 Å². The van der Waals surface area contributed by atoms with Crippen molar-refractivity contribution in [3.63, 3.8) is 0 Å². The number of anilines is 3. The van der Waals surface area contributed by atoms with Gasteiger partial charge in [-0.1, -0.05) is 18.2 Å². The van der Waals surface area contributed by atoms with Crippen molar-refractivity contribution in [1.82, 2.24) is 0 Å². The summed E-state index contributed by atoms with van der Waals surface area (Å²) in [5.41, 5.74) is 3.22. The number of nitrogens with one attached hydrogen (secondary N) is 1. The Balaban J connectivity index is 2.04. The first-order valence-corrected chi connectivity index (χ1v) is 6.86. The summed E-state index contributed by atoms with van der Waals surface area (Å²) in [6, 6.07) is 18.2. The van der Waals surface area contributed by atoms with Crippen LogP contribution in [0.1, 0.15) is 0 Å². The Morgan fingerprint density at radius 2 is 1.45 bits per heavy atom. The van der Waals surface area contributed by atoms with Crippen molar-refractivity contribution >= 4 is 34.4 Å². The van der Waals surface area contributed by atoms with E-state index in [9.17, 15) is 0 Å². The van der Waals surface area contributed by atoms with Crippen molar-refractivity contribution in [3.05, 3.63) is 54.6 Å². The molecule has 0 saturated carbocycles. The lowest BCUT2D eigenvalue weighted by Gasteiger charge is -2.21. The fourth-order valence-electron chi connectivity index (χ4n) is 1.82. The maximum absolute atomic E-state index is 5.43. The van der Waals surface area contributed by atoms with Gasteiger partial charge in [-0.25, -0.2) is 0 Å². The zero-order valence-corrected chi connectivity index (χ0v) is 12.8. The van der Waals surface area contributed by atoms with Gasteiger partial charge in [-0.05, 0) is 48.6 Å². The van der Waals surface area contributed by atoms with Crippen LogP contribution < -0.4 is 15.1 Å². The summed E-state index contributed by atoms with van der Waals surface area (Å²) in [4.78, 5) is 4.02. The molecule has 0 aliphatic rings. The van der Waals surface area contributed by atoms with Gasteiger partial charge >= 0.3 is 0 Å². The predicted octanol–water partition coefficient (Wildman–Crippen LogP) is 3.59. The average molecular weight is 285 g/mol. The highest BCUT2D eigenvalue weighted by Crippen LogP contribution is 2.17. The van der Waals surface area contributed by atoms with Gasteiger partial charge in [-0.15, -0.1) is 0 Å². The SMILES string of the molecule is CN(C)c1ccc(NC(=S)N(C)c2ccccc2)cc1. The van der Waals surface area contributed by atoms with Crippen LogP contribution >= 0.6 is 12.2 Å². The molecule has 4 heteroatoms. The number of nitrogens with zero attached hydrogens (tertiary/aromatic N) is 2. The Kier molecular flexibility index (Phi) is 4.58. The molecule has 0 aliphatic carbocycles. The number of benzene rings is 2. The highest BCUT2D eigenvalue weighted by Gasteiger charge is 2.06. The van der Waals surface area contributed by atoms with Crippen LogP contribution in [0.25, 0.3) is 0 Å². The van der Waals surface area contributed by atoms with Gasteiger partial charge in [0, 0.05) is 38.2 Å². The van der Waals surface area contributed by atoms with E-state index in [1.54, 1.807) is 0 Å². The number of hydrogen-bond donors (Lipinski definition) is 1. The van der Waals surface area contributed by atoms with Crippen molar-refractivity contribution in [2.75, 3.05) is 36.3 Å². The quantitative estimate of drug-likeness (QED) is 0.868. The molecule has 0 heterocycles. The third kappa shape index (κ3) is 3.48. The summed E-state index contributed by atoms with van der Waals surface area (Å²) < 4.78 is 0. The molecule has 20 heavy (non-hydrogen) atoms. The zero-order chi connectivity index (χ0) is 14.5. The molecule has 0 aliphatic heterocycles. The molecular formula is C16H19N3S. The molecule has 0 radical (unpaired) electrons. The number of para-hydroxylation sites is 1. The zero-order valence-electron chi connectivity index (χ0n) is 12.0. The second-order valence-electron chi connectivity index (χ2n) is 4.77. The standard InChI is InChI=1S/C16H19N3S/c1-18(2)14-11-9-13(10-12-14)17-16(20)19(3)15-7-5-4-6-8-15/h4-12H,1-3H3,(H,17,20). The molecule has 0 unspecified atom stereocenters. The van der Waals surface area contributed by atoms with Crippen LogP contribution in [0.3, 0.4) is 0 Å². The first kappa shape index (κ1) is 14.3. The van der Waals surface area contributed by atoms with E-state index in [2.05, 4.69) is 22.3 Å². The maximum atomic E-state index is 5.43. The topological polar surface area (TPSA) is 18.5 Å². The van der Waals surface area contributed by atoms with Crippen molar-refractivity contribution in [1.29, 1.82) is 0 Å². The van der Waals surface area contributed by atoms with E-state index in [0.717, 1.165) is 17.1 Å². The minimum absolute atomic E-state index is 0.675. The van der Waals surface area contributed by atoms with Crippen molar-refractivity contribution in [3.8, 4) is 0 Å². The minimum atomic E-state index is 0.675. The fourth-order valence-corrected chi connectivity index (χ4v) is 2.04. The molecule has 0 spiro atoms. The molecule has 2 aromatic carbocycles. The van der Waals surface area contributed by atoms with E-state index in [0.29, 0.717) is 5.11 Å². The van der Waals surface area contributed by atoms with Gasteiger partial charge in [-0.2, -0.15) is 0 Å². The Bertz CT molecular complexity index is 564. The summed E-state index contributed by atoms with van der Waals surface area (Å²) in [6.45, 7) is 0.